The summed E-state index contributed by atoms with van der Waals surface area (Å²) in [6.07, 6.45) is 5.80. The fourth-order valence-electron chi connectivity index (χ4n) is 4.11. The van der Waals surface area contributed by atoms with Crippen LogP contribution in [-0.2, 0) is 6.54 Å². The van der Waals surface area contributed by atoms with E-state index < -0.39 is 0 Å². The lowest BCUT2D eigenvalue weighted by atomic mass is 9.92. The normalized spacial score (nSPS) is 24.7. The van der Waals surface area contributed by atoms with Gasteiger partial charge in [0.1, 0.15) is 5.82 Å². The third-order valence-corrected chi connectivity index (χ3v) is 5.15. The van der Waals surface area contributed by atoms with Crippen LogP contribution in [0.25, 0.3) is 0 Å². The predicted octanol–water partition coefficient (Wildman–Crippen LogP) is 3.13. The molecule has 2 unspecified atom stereocenters. The highest BCUT2D eigenvalue weighted by molar-refractivity contribution is 5.80. The number of anilines is 1. The molecule has 0 radical (unpaired) electrons. The van der Waals surface area contributed by atoms with E-state index in [1.54, 1.807) is 0 Å². The SMILES string of the molecule is CCNC(=NCc1ccnc(N2CCCC2)c1)N1CC(C)CC(C)C1. The van der Waals surface area contributed by atoms with Crippen LogP contribution in [0.1, 0.15) is 45.6 Å². The molecule has 5 heteroatoms. The molecule has 0 aliphatic carbocycles. The lowest BCUT2D eigenvalue weighted by Crippen LogP contribution is -2.48. The van der Waals surface area contributed by atoms with Gasteiger partial charge in [0.25, 0.3) is 0 Å². The van der Waals surface area contributed by atoms with Gasteiger partial charge in [0.2, 0.25) is 0 Å². The van der Waals surface area contributed by atoms with Crippen molar-refractivity contribution in [2.24, 2.45) is 16.8 Å². The molecule has 2 aliphatic rings. The van der Waals surface area contributed by atoms with Gasteiger partial charge < -0.3 is 15.1 Å². The fourth-order valence-corrected chi connectivity index (χ4v) is 4.11. The number of hydrogen-bond donors (Lipinski definition) is 1. The summed E-state index contributed by atoms with van der Waals surface area (Å²) in [6.45, 7) is 12.9. The second-order valence-electron chi connectivity index (χ2n) is 7.74. The highest BCUT2D eigenvalue weighted by atomic mass is 15.3. The van der Waals surface area contributed by atoms with Crippen LogP contribution in [0.4, 0.5) is 5.82 Å². The maximum absolute atomic E-state index is 4.93. The van der Waals surface area contributed by atoms with Gasteiger partial charge >= 0.3 is 0 Å². The average Bonchev–Trinajstić information content (AvgIpc) is 3.12. The van der Waals surface area contributed by atoms with Gasteiger partial charge in [0.15, 0.2) is 5.96 Å². The van der Waals surface area contributed by atoms with E-state index >= 15 is 0 Å². The Bertz CT molecular complexity index is 569. The molecule has 1 aromatic heterocycles. The number of nitrogens with zero attached hydrogens (tertiary/aromatic N) is 4. The van der Waals surface area contributed by atoms with Gasteiger partial charge in [-0.05, 0) is 55.7 Å². The topological polar surface area (TPSA) is 43.8 Å². The molecule has 0 saturated carbocycles. The van der Waals surface area contributed by atoms with Gasteiger partial charge in [0.05, 0.1) is 6.54 Å². The van der Waals surface area contributed by atoms with Gasteiger partial charge in [-0.1, -0.05) is 13.8 Å². The number of rotatable bonds is 4. The highest BCUT2D eigenvalue weighted by Crippen LogP contribution is 2.22. The van der Waals surface area contributed by atoms with E-state index in [9.17, 15) is 0 Å². The first-order valence-corrected chi connectivity index (χ1v) is 9.89. The number of pyridine rings is 1. The summed E-state index contributed by atoms with van der Waals surface area (Å²) in [5, 5.41) is 3.48. The monoisotopic (exact) mass is 343 g/mol. The number of nitrogens with one attached hydrogen (secondary N) is 1. The minimum Gasteiger partial charge on any atom is -0.357 e. The van der Waals surface area contributed by atoms with Gasteiger partial charge in [-0.2, -0.15) is 0 Å². The lowest BCUT2D eigenvalue weighted by Gasteiger charge is -2.37. The van der Waals surface area contributed by atoms with E-state index in [0.717, 1.165) is 56.3 Å². The molecule has 1 aromatic rings. The zero-order valence-electron chi connectivity index (χ0n) is 16.0. The average molecular weight is 344 g/mol. The first-order chi connectivity index (χ1) is 12.2. The zero-order valence-corrected chi connectivity index (χ0v) is 16.0. The molecule has 1 N–H and O–H groups in total. The van der Waals surface area contributed by atoms with Crippen molar-refractivity contribution in [1.29, 1.82) is 0 Å². The molecule has 3 heterocycles. The minimum absolute atomic E-state index is 0.713. The van der Waals surface area contributed by atoms with Crippen LogP contribution in [0.3, 0.4) is 0 Å². The van der Waals surface area contributed by atoms with Crippen molar-refractivity contribution < 1.29 is 0 Å². The Kier molecular flexibility index (Phi) is 6.16. The summed E-state index contributed by atoms with van der Waals surface area (Å²) in [4.78, 5) is 14.3. The molecule has 2 saturated heterocycles. The first kappa shape index (κ1) is 18.0. The van der Waals surface area contributed by atoms with Crippen molar-refractivity contribution in [1.82, 2.24) is 15.2 Å². The molecule has 138 valence electrons. The molecule has 3 rings (SSSR count). The van der Waals surface area contributed by atoms with Crippen LogP contribution >= 0.6 is 0 Å². The van der Waals surface area contributed by atoms with Gasteiger partial charge in [-0.15, -0.1) is 0 Å². The molecular formula is C20H33N5. The summed E-state index contributed by atoms with van der Waals surface area (Å²) in [6, 6.07) is 4.30. The largest absolute Gasteiger partial charge is 0.357 e. The minimum atomic E-state index is 0.713. The Balaban J connectivity index is 1.69. The maximum atomic E-state index is 4.93. The van der Waals surface area contributed by atoms with Crippen molar-refractivity contribution in [3.8, 4) is 0 Å². The Morgan fingerprint density at radius 3 is 2.64 bits per heavy atom. The third-order valence-electron chi connectivity index (χ3n) is 5.15. The van der Waals surface area contributed by atoms with Gasteiger partial charge in [-0.3, -0.25) is 0 Å². The van der Waals surface area contributed by atoms with E-state index in [1.165, 1.54) is 24.8 Å². The van der Waals surface area contributed by atoms with Crippen molar-refractivity contribution in [3.63, 3.8) is 0 Å². The predicted molar refractivity (Wildman–Crippen MR) is 105 cm³/mol. The fraction of sp³-hybridized carbons (Fsp3) is 0.700. The molecule has 2 aliphatic heterocycles. The van der Waals surface area contributed by atoms with Crippen molar-refractivity contribution >= 4 is 11.8 Å². The van der Waals surface area contributed by atoms with Crippen LogP contribution in [0.15, 0.2) is 23.3 Å². The zero-order chi connectivity index (χ0) is 17.6. The van der Waals surface area contributed by atoms with Crippen molar-refractivity contribution in [2.45, 2.75) is 46.6 Å². The summed E-state index contributed by atoms with van der Waals surface area (Å²) in [5.74, 6) is 3.63. The lowest BCUT2D eigenvalue weighted by molar-refractivity contribution is 0.208. The van der Waals surface area contributed by atoms with Gasteiger partial charge in [0, 0.05) is 38.9 Å². The van der Waals surface area contributed by atoms with Crippen LogP contribution < -0.4 is 10.2 Å². The van der Waals surface area contributed by atoms with Crippen LogP contribution in [0, 0.1) is 11.8 Å². The summed E-state index contributed by atoms with van der Waals surface area (Å²) >= 11 is 0. The standard InChI is InChI=1S/C20H33N5/c1-4-21-20(25-14-16(2)11-17(3)15-25)23-13-18-7-8-22-19(12-18)24-9-5-6-10-24/h7-8,12,16-17H,4-6,9-11,13-15H2,1-3H3,(H,21,23). The van der Waals surface area contributed by atoms with E-state index in [4.69, 9.17) is 4.99 Å². The Hall–Kier alpha value is -1.78. The van der Waals surface area contributed by atoms with Crippen molar-refractivity contribution in [2.75, 3.05) is 37.6 Å². The molecular weight excluding hydrogens is 310 g/mol. The molecule has 0 bridgehead atoms. The second-order valence-corrected chi connectivity index (χ2v) is 7.74. The first-order valence-electron chi connectivity index (χ1n) is 9.89. The van der Waals surface area contributed by atoms with E-state index in [-0.39, 0.29) is 0 Å². The van der Waals surface area contributed by atoms with Crippen LogP contribution in [-0.4, -0.2) is 48.6 Å². The highest BCUT2D eigenvalue weighted by Gasteiger charge is 2.24. The number of likely N-dealkylation sites (tertiary alicyclic amines) is 1. The Morgan fingerprint density at radius 2 is 1.96 bits per heavy atom. The Morgan fingerprint density at radius 1 is 1.24 bits per heavy atom. The molecule has 5 nitrogen and oxygen atoms in total. The van der Waals surface area contributed by atoms with E-state index in [2.05, 4.69) is 53.0 Å². The second kappa shape index (κ2) is 8.54. The Labute approximate surface area is 152 Å². The summed E-state index contributed by atoms with van der Waals surface area (Å²) in [7, 11) is 0. The van der Waals surface area contributed by atoms with E-state index in [0.29, 0.717) is 6.54 Å². The summed E-state index contributed by atoms with van der Waals surface area (Å²) < 4.78 is 0. The molecule has 2 atom stereocenters. The molecule has 25 heavy (non-hydrogen) atoms. The molecule has 0 aromatic carbocycles. The maximum Gasteiger partial charge on any atom is 0.194 e. The third kappa shape index (κ3) is 4.86. The quantitative estimate of drug-likeness (QED) is 0.674. The molecule has 0 spiro atoms. The van der Waals surface area contributed by atoms with Crippen LogP contribution in [0.5, 0.6) is 0 Å². The number of piperidine rings is 1. The number of hydrogen-bond acceptors (Lipinski definition) is 3. The number of guanidine groups is 1. The molecule has 0 amide bonds. The van der Waals surface area contributed by atoms with Crippen molar-refractivity contribution in [3.05, 3.63) is 23.9 Å². The van der Waals surface area contributed by atoms with E-state index in [1.807, 2.05) is 6.20 Å². The summed E-state index contributed by atoms with van der Waals surface area (Å²) in [5.41, 5.74) is 1.24. The number of aromatic nitrogens is 1. The number of aliphatic imine (C=N–C) groups is 1. The smallest absolute Gasteiger partial charge is 0.194 e. The molecule has 2 fully saturated rings. The van der Waals surface area contributed by atoms with Gasteiger partial charge in [-0.25, -0.2) is 9.98 Å². The van der Waals surface area contributed by atoms with Crippen LogP contribution in [0.2, 0.25) is 0 Å².